The van der Waals surface area contributed by atoms with Crippen molar-refractivity contribution in [3.05, 3.63) is 18.0 Å². The molecule has 3 atom stereocenters. The summed E-state index contributed by atoms with van der Waals surface area (Å²) in [5.74, 6) is 1.27. The number of nitrogens with zero attached hydrogens (tertiary/aromatic N) is 2. The molecule has 6 heteroatoms. The highest BCUT2D eigenvalue weighted by atomic mass is 32.2. The Hall–Kier alpha value is -1.01. The van der Waals surface area contributed by atoms with E-state index in [0.717, 1.165) is 18.7 Å². The Bertz CT molecular complexity index is 471. The van der Waals surface area contributed by atoms with E-state index in [0.29, 0.717) is 11.9 Å². The van der Waals surface area contributed by atoms with Crippen LogP contribution in [0.15, 0.2) is 12.3 Å². The second-order valence-corrected chi connectivity index (χ2v) is 6.85. The zero-order chi connectivity index (χ0) is 13.9. The molecule has 1 N–H and O–H groups in total. The lowest BCUT2D eigenvalue weighted by molar-refractivity contribution is -0.126. The van der Waals surface area contributed by atoms with Crippen molar-refractivity contribution in [1.82, 2.24) is 15.1 Å². The molecule has 0 aromatic carbocycles. The molecular formula is C14H21N3O2S. The molecule has 3 rings (SSSR count). The molecular weight excluding hydrogens is 274 g/mol. The second-order valence-electron chi connectivity index (χ2n) is 5.45. The van der Waals surface area contributed by atoms with Gasteiger partial charge in [-0.1, -0.05) is 0 Å². The van der Waals surface area contributed by atoms with Crippen LogP contribution in [0.3, 0.4) is 0 Å². The molecule has 3 heterocycles. The maximum atomic E-state index is 12.4. The molecule has 2 fully saturated rings. The van der Waals surface area contributed by atoms with Gasteiger partial charge in [0.2, 0.25) is 5.91 Å². The Morgan fingerprint density at radius 2 is 2.50 bits per heavy atom. The topological polar surface area (TPSA) is 56.2 Å². The predicted molar refractivity (Wildman–Crippen MR) is 78.5 cm³/mol. The van der Waals surface area contributed by atoms with Gasteiger partial charge in [0.05, 0.1) is 11.6 Å². The number of nitrogens with one attached hydrogen (secondary N) is 1. The summed E-state index contributed by atoms with van der Waals surface area (Å²) < 4.78 is 7.55. The van der Waals surface area contributed by atoms with E-state index in [1.807, 2.05) is 24.9 Å². The van der Waals surface area contributed by atoms with E-state index in [1.54, 1.807) is 10.9 Å². The quantitative estimate of drug-likeness (QED) is 0.915. The third-order valence-corrected chi connectivity index (χ3v) is 5.50. The molecule has 0 aliphatic carbocycles. The Kier molecular flexibility index (Phi) is 4.31. The van der Waals surface area contributed by atoms with Crippen molar-refractivity contribution >= 4 is 17.7 Å². The summed E-state index contributed by atoms with van der Waals surface area (Å²) in [7, 11) is 1.89. The van der Waals surface area contributed by atoms with Crippen LogP contribution in [0.2, 0.25) is 0 Å². The number of aromatic nitrogens is 2. The van der Waals surface area contributed by atoms with E-state index < -0.39 is 0 Å². The summed E-state index contributed by atoms with van der Waals surface area (Å²) >= 11 is 1.97. The zero-order valence-corrected chi connectivity index (χ0v) is 12.6. The monoisotopic (exact) mass is 295 g/mol. The lowest BCUT2D eigenvalue weighted by Gasteiger charge is -2.19. The number of hydrogen-bond donors (Lipinski definition) is 1. The summed E-state index contributed by atoms with van der Waals surface area (Å²) in [6, 6.07) is 1.93. The van der Waals surface area contributed by atoms with Crippen molar-refractivity contribution in [2.75, 3.05) is 18.9 Å². The number of ether oxygens (including phenoxy) is 1. The van der Waals surface area contributed by atoms with Gasteiger partial charge in [-0.05, 0) is 31.1 Å². The lowest BCUT2D eigenvalue weighted by Crippen LogP contribution is -2.36. The van der Waals surface area contributed by atoms with Gasteiger partial charge in [0.1, 0.15) is 6.10 Å². The predicted octanol–water partition coefficient (Wildman–Crippen LogP) is 1.51. The minimum Gasteiger partial charge on any atom is -0.371 e. The highest BCUT2D eigenvalue weighted by Crippen LogP contribution is 2.34. The van der Waals surface area contributed by atoms with Gasteiger partial charge >= 0.3 is 0 Å². The van der Waals surface area contributed by atoms with Crippen LogP contribution in [0.1, 0.15) is 31.1 Å². The van der Waals surface area contributed by atoms with Crippen molar-refractivity contribution in [2.24, 2.45) is 13.0 Å². The fourth-order valence-electron chi connectivity index (χ4n) is 2.96. The number of thioether (sulfide) groups is 1. The Morgan fingerprint density at radius 1 is 1.60 bits per heavy atom. The van der Waals surface area contributed by atoms with Crippen LogP contribution in [-0.4, -0.2) is 39.8 Å². The number of carbonyl (C=O) groups is 1. The third kappa shape index (κ3) is 2.86. The van der Waals surface area contributed by atoms with Gasteiger partial charge < -0.3 is 10.1 Å². The lowest BCUT2D eigenvalue weighted by atomic mass is 9.98. The van der Waals surface area contributed by atoms with Gasteiger partial charge in [-0.2, -0.15) is 16.9 Å². The van der Waals surface area contributed by atoms with Gasteiger partial charge in [0.15, 0.2) is 0 Å². The Morgan fingerprint density at radius 3 is 3.20 bits per heavy atom. The first-order valence-electron chi connectivity index (χ1n) is 7.24. The molecule has 1 aromatic heterocycles. The molecule has 2 aliphatic rings. The molecule has 1 aromatic rings. The number of amides is 1. The number of rotatable bonds is 4. The zero-order valence-electron chi connectivity index (χ0n) is 11.7. The van der Waals surface area contributed by atoms with Gasteiger partial charge in [-0.3, -0.25) is 9.48 Å². The van der Waals surface area contributed by atoms with Crippen LogP contribution >= 0.6 is 11.8 Å². The van der Waals surface area contributed by atoms with E-state index in [9.17, 15) is 4.79 Å². The average Bonchev–Trinajstić information content (AvgIpc) is 3.16. The van der Waals surface area contributed by atoms with Gasteiger partial charge in [0.25, 0.3) is 0 Å². The number of hydrogen-bond acceptors (Lipinski definition) is 4. The fraction of sp³-hybridized carbons (Fsp3) is 0.714. The molecule has 5 nitrogen and oxygen atoms in total. The van der Waals surface area contributed by atoms with Gasteiger partial charge in [-0.15, -0.1) is 0 Å². The van der Waals surface area contributed by atoms with Crippen molar-refractivity contribution < 1.29 is 9.53 Å². The van der Waals surface area contributed by atoms with Crippen molar-refractivity contribution in [3.8, 4) is 0 Å². The molecule has 110 valence electrons. The smallest absolute Gasteiger partial charge is 0.226 e. The molecule has 2 saturated heterocycles. The van der Waals surface area contributed by atoms with Gasteiger partial charge in [0, 0.05) is 31.6 Å². The van der Waals surface area contributed by atoms with E-state index in [2.05, 4.69) is 10.4 Å². The van der Waals surface area contributed by atoms with Crippen molar-refractivity contribution in [2.45, 2.75) is 30.6 Å². The molecule has 0 radical (unpaired) electrons. The largest absolute Gasteiger partial charge is 0.371 e. The first-order chi connectivity index (χ1) is 9.75. The van der Waals surface area contributed by atoms with Crippen LogP contribution in [0.25, 0.3) is 0 Å². The molecule has 20 heavy (non-hydrogen) atoms. The van der Waals surface area contributed by atoms with Crippen LogP contribution in [0.4, 0.5) is 0 Å². The third-order valence-electron chi connectivity index (χ3n) is 4.11. The first-order valence-corrected chi connectivity index (χ1v) is 8.29. The SMILES string of the molecule is Cn1nccc1[C@@H]1OCC[C@H]1C(=O)NCC1CCCS1. The summed E-state index contributed by atoms with van der Waals surface area (Å²) in [5, 5.41) is 7.87. The molecule has 0 spiro atoms. The summed E-state index contributed by atoms with van der Waals surface area (Å²) in [6.07, 6.45) is 4.88. The minimum absolute atomic E-state index is 0.0863. The van der Waals surface area contributed by atoms with Crippen molar-refractivity contribution in [3.63, 3.8) is 0 Å². The maximum Gasteiger partial charge on any atom is 0.226 e. The van der Waals surface area contributed by atoms with E-state index in [1.165, 1.54) is 18.6 Å². The van der Waals surface area contributed by atoms with E-state index in [-0.39, 0.29) is 17.9 Å². The number of aryl methyl sites for hydroxylation is 1. The van der Waals surface area contributed by atoms with Crippen LogP contribution in [0, 0.1) is 5.92 Å². The maximum absolute atomic E-state index is 12.4. The molecule has 0 saturated carbocycles. The first kappa shape index (κ1) is 13.9. The van der Waals surface area contributed by atoms with Gasteiger partial charge in [-0.25, -0.2) is 0 Å². The Labute approximate surface area is 123 Å². The van der Waals surface area contributed by atoms with Crippen LogP contribution in [-0.2, 0) is 16.6 Å². The number of carbonyl (C=O) groups excluding carboxylic acids is 1. The van der Waals surface area contributed by atoms with E-state index >= 15 is 0 Å². The average molecular weight is 295 g/mol. The summed E-state index contributed by atoms with van der Waals surface area (Å²) in [6.45, 7) is 1.43. The normalized spacial score (nSPS) is 29.8. The molecule has 0 bridgehead atoms. The standard InChI is InChI=1S/C14H21N3O2S/c1-17-12(4-6-16-17)13-11(5-7-19-13)14(18)15-9-10-3-2-8-20-10/h4,6,10-11,13H,2-3,5,7-9H2,1H3,(H,15,18)/t10?,11-,13-/m1/s1. The Balaban J connectivity index is 1.60. The molecule has 1 amide bonds. The second kappa shape index (κ2) is 6.18. The van der Waals surface area contributed by atoms with Crippen LogP contribution < -0.4 is 5.32 Å². The summed E-state index contributed by atoms with van der Waals surface area (Å²) in [5.41, 5.74) is 0.984. The molecule has 2 aliphatic heterocycles. The molecule has 1 unspecified atom stereocenters. The summed E-state index contributed by atoms with van der Waals surface area (Å²) in [4.78, 5) is 12.4. The highest BCUT2D eigenvalue weighted by Gasteiger charge is 2.36. The minimum atomic E-state index is -0.154. The van der Waals surface area contributed by atoms with Crippen LogP contribution in [0.5, 0.6) is 0 Å². The fourth-order valence-corrected chi connectivity index (χ4v) is 4.16. The highest BCUT2D eigenvalue weighted by molar-refractivity contribution is 8.00. The van der Waals surface area contributed by atoms with E-state index in [4.69, 9.17) is 4.74 Å². The van der Waals surface area contributed by atoms with Crippen molar-refractivity contribution in [1.29, 1.82) is 0 Å².